The third-order valence-electron chi connectivity index (χ3n) is 4.40. The van der Waals surface area contributed by atoms with Crippen molar-refractivity contribution >= 4 is 17.8 Å². The third kappa shape index (κ3) is 3.51. The monoisotopic (exact) mass is 310 g/mol. The highest BCUT2D eigenvalue weighted by Crippen LogP contribution is 2.30. The summed E-state index contributed by atoms with van der Waals surface area (Å²) in [6.45, 7) is 3.95. The zero-order valence-corrected chi connectivity index (χ0v) is 13.7. The number of nitrogens with zero attached hydrogens (tertiary/aromatic N) is 3. The first-order valence-electron chi connectivity index (χ1n) is 7.97. The summed E-state index contributed by atoms with van der Waals surface area (Å²) in [5.41, 5.74) is 0. The molecule has 7 nitrogen and oxygen atoms in total. The molecule has 1 N–H and O–H groups in total. The van der Waals surface area contributed by atoms with Crippen molar-refractivity contribution < 1.29 is 14.4 Å². The summed E-state index contributed by atoms with van der Waals surface area (Å²) in [6.07, 6.45) is 2.46. The number of carbonyl (C=O) groups is 3. The van der Waals surface area contributed by atoms with Gasteiger partial charge in [0.1, 0.15) is 6.04 Å². The Kier molecular flexibility index (Phi) is 5.26. The van der Waals surface area contributed by atoms with Gasteiger partial charge in [0.2, 0.25) is 11.8 Å². The average Bonchev–Trinajstić information content (AvgIpc) is 2.49. The van der Waals surface area contributed by atoms with Crippen molar-refractivity contribution in [3.8, 4) is 0 Å². The molecule has 2 atom stereocenters. The van der Waals surface area contributed by atoms with E-state index in [2.05, 4.69) is 5.32 Å². The molecule has 0 aromatic heterocycles. The molecule has 2 aliphatic rings. The van der Waals surface area contributed by atoms with Gasteiger partial charge in [-0.15, -0.1) is 0 Å². The molecule has 0 radical (unpaired) electrons. The van der Waals surface area contributed by atoms with Crippen LogP contribution in [0.15, 0.2) is 0 Å². The van der Waals surface area contributed by atoms with Crippen molar-refractivity contribution in [1.82, 2.24) is 20.0 Å². The number of urea groups is 1. The van der Waals surface area contributed by atoms with Crippen molar-refractivity contribution in [2.24, 2.45) is 5.92 Å². The van der Waals surface area contributed by atoms with Crippen molar-refractivity contribution in [3.63, 3.8) is 0 Å². The lowest BCUT2D eigenvalue weighted by Gasteiger charge is -2.46. The van der Waals surface area contributed by atoms with Crippen LogP contribution in [0.4, 0.5) is 4.79 Å². The van der Waals surface area contributed by atoms with E-state index in [1.54, 1.807) is 23.9 Å². The van der Waals surface area contributed by atoms with Gasteiger partial charge in [0.05, 0.1) is 6.54 Å². The van der Waals surface area contributed by atoms with Gasteiger partial charge in [-0.05, 0) is 25.2 Å². The number of amides is 4. The number of hydrogen-bond donors (Lipinski definition) is 1. The topological polar surface area (TPSA) is 73.0 Å². The molecule has 0 aromatic carbocycles. The molecule has 0 saturated carbocycles. The van der Waals surface area contributed by atoms with E-state index in [0.717, 1.165) is 12.8 Å². The van der Waals surface area contributed by atoms with Gasteiger partial charge in [0.15, 0.2) is 0 Å². The quantitative estimate of drug-likeness (QED) is 0.801. The van der Waals surface area contributed by atoms with Crippen LogP contribution in [-0.4, -0.2) is 78.9 Å². The van der Waals surface area contributed by atoms with E-state index in [0.29, 0.717) is 32.0 Å². The molecule has 2 heterocycles. The van der Waals surface area contributed by atoms with Gasteiger partial charge < -0.3 is 20.0 Å². The van der Waals surface area contributed by atoms with E-state index < -0.39 is 6.04 Å². The first-order chi connectivity index (χ1) is 10.4. The minimum Gasteiger partial charge on any atom is -0.347 e. The van der Waals surface area contributed by atoms with Crippen LogP contribution in [0.1, 0.15) is 26.2 Å². The fourth-order valence-electron chi connectivity index (χ4n) is 3.07. The molecule has 22 heavy (non-hydrogen) atoms. The first kappa shape index (κ1) is 16.6. The molecular weight excluding hydrogens is 284 g/mol. The maximum absolute atomic E-state index is 12.6. The summed E-state index contributed by atoms with van der Waals surface area (Å²) < 4.78 is 0. The SMILES string of the molecule is CCCNC(=O)N1CC[C@H]2C[C@@H]1C(=O)N(CC(=O)N(C)C)C2. The number of likely N-dealkylation sites (N-methyl/N-ethyl adjacent to an activating group) is 1. The number of likely N-dealkylation sites (tertiary alicyclic amines) is 2. The molecule has 0 spiro atoms. The third-order valence-corrected chi connectivity index (χ3v) is 4.40. The predicted octanol–water partition coefficient (Wildman–Crippen LogP) is 0.117. The Hall–Kier alpha value is -1.79. The molecule has 124 valence electrons. The lowest BCUT2D eigenvalue weighted by molar-refractivity contribution is -0.148. The summed E-state index contributed by atoms with van der Waals surface area (Å²) in [4.78, 5) is 41.4. The molecule has 7 heteroatoms. The van der Waals surface area contributed by atoms with Crippen molar-refractivity contribution in [1.29, 1.82) is 0 Å². The zero-order valence-electron chi connectivity index (χ0n) is 13.7. The van der Waals surface area contributed by atoms with Crippen LogP contribution in [0.5, 0.6) is 0 Å². The lowest BCUT2D eigenvalue weighted by atomic mass is 9.86. The van der Waals surface area contributed by atoms with E-state index in [1.807, 2.05) is 6.92 Å². The second-order valence-electron chi connectivity index (χ2n) is 6.34. The Labute approximate surface area is 131 Å². The smallest absolute Gasteiger partial charge is 0.318 e. The highest BCUT2D eigenvalue weighted by molar-refractivity contribution is 5.91. The van der Waals surface area contributed by atoms with Crippen LogP contribution in [0.2, 0.25) is 0 Å². The highest BCUT2D eigenvalue weighted by atomic mass is 16.2. The second kappa shape index (κ2) is 6.98. The molecule has 2 fully saturated rings. The summed E-state index contributed by atoms with van der Waals surface area (Å²) in [6, 6.07) is -0.584. The van der Waals surface area contributed by atoms with Gasteiger partial charge in [-0.2, -0.15) is 0 Å². The van der Waals surface area contributed by atoms with Crippen LogP contribution >= 0.6 is 0 Å². The minimum absolute atomic E-state index is 0.0877. The number of rotatable bonds is 4. The number of hydrogen-bond acceptors (Lipinski definition) is 3. The van der Waals surface area contributed by atoms with Crippen LogP contribution < -0.4 is 5.32 Å². The number of nitrogens with one attached hydrogen (secondary N) is 1. The molecule has 2 rings (SSSR count). The van der Waals surface area contributed by atoms with Crippen LogP contribution in [0.3, 0.4) is 0 Å². The zero-order chi connectivity index (χ0) is 16.3. The number of piperidine rings is 2. The van der Waals surface area contributed by atoms with E-state index in [-0.39, 0.29) is 24.4 Å². The number of carbonyl (C=O) groups excluding carboxylic acids is 3. The van der Waals surface area contributed by atoms with E-state index in [9.17, 15) is 14.4 Å². The van der Waals surface area contributed by atoms with E-state index in [4.69, 9.17) is 0 Å². The maximum Gasteiger partial charge on any atom is 0.318 e. The van der Waals surface area contributed by atoms with E-state index in [1.165, 1.54) is 4.90 Å². The molecule has 0 unspecified atom stereocenters. The fourth-order valence-corrected chi connectivity index (χ4v) is 3.07. The van der Waals surface area contributed by atoms with Crippen molar-refractivity contribution in [3.05, 3.63) is 0 Å². The second-order valence-corrected chi connectivity index (χ2v) is 6.34. The molecule has 2 aliphatic heterocycles. The van der Waals surface area contributed by atoms with Gasteiger partial charge in [-0.25, -0.2) is 4.79 Å². The van der Waals surface area contributed by atoms with Crippen LogP contribution in [0.25, 0.3) is 0 Å². The average molecular weight is 310 g/mol. The Balaban J connectivity index is 2.04. The standard InChI is InChI=1S/C15H26N4O3/c1-4-6-16-15(22)19-7-5-11-8-12(19)14(21)18(9-11)10-13(20)17(2)3/h11-12H,4-10H2,1-3H3,(H,16,22)/t11-,12+/m0/s1. The lowest BCUT2D eigenvalue weighted by Crippen LogP contribution is -2.62. The summed E-state index contributed by atoms with van der Waals surface area (Å²) in [5.74, 6) is 0.195. The summed E-state index contributed by atoms with van der Waals surface area (Å²) >= 11 is 0. The Morgan fingerprint density at radius 1 is 1.36 bits per heavy atom. The largest absolute Gasteiger partial charge is 0.347 e. The van der Waals surface area contributed by atoms with Crippen LogP contribution in [0, 0.1) is 5.92 Å². The van der Waals surface area contributed by atoms with Gasteiger partial charge in [0, 0.05) is 33.7 Å². The highest BCUT2D eigenvalue weighted by Gasteiger charge is 2.43. The van der Waals surface area contributed by atoms with Gasteiger partial charge in [0.25, 0.3) is 0 Å². The molecule has 4 amide bonds. The Bertz CT molecular complexity index is 452. The van der Waals surface area contributed by atoms with Gasteiger partial charge >= 0.3 is 6.03 Å². The molecule has 2 saturated heterocycles. The minimum atomic E-state index is -0.417. The maximum atomic E-state index is 12.6. The molecule has 2 bridgehead atoms. The predicted molar refractivity (Wildman–Crippen MR) is 82.2 cm³/mol. The number of fused-ring (bicyclic) bond motifs is 2. The molecule has 0 aromatic rings. The van der Waals surface area contributed by atoms with Gasteiger partial charge in [-0.1, -0.05) is 6.92 Å². The van der Waals surface area contributed by atoms with Crippen molar-refractivity contribution in [2.75, 3.05) is 40.3 Å². The summed E-state index contributed by atoms with van der Waals surface area (Å²) in [5, 5.41) is 2.84. The molecule has 0 aliphatic carbocycles. The Morgan fingerprint density at radius 2 is 2.09 bits per heavy atom. The molecular formula is C15H26N4O3. The van der Waals surface area contributed by atoms with Crippen molar-refractivity contribution in [2.45, 2.75) is 32.2 Å². The first-order valence-corrected chi connectivity index (χ1v) is 7.97. The van der Waals surface area contributed by atoms with Gasteiger partial charge in [-0.3, -0.25) is 9.59 Å². The van der Waals surface area contributed by atoms with Crippen LogP contribution in [-0.2, 0) is 9.59 Å². The fraction of sp³-hybridized carbons (Fsp3) is 0.800. The summed E-state index contributed by atoms with van der Waals surface area (Å²) in [7, 11) is 3.37. The normalized spacial score (nSPS) is 24.2. The van der Waals surface area contributed by atoms with E-state index >= 15 is 0 Å². The Morgan fingerprint density at radius 3 is 2.73 bits per heavy atom.